The van der Waals surface area contributed by atoms with Gasteiger partial charge in [-0.1, -0.05) is 48.5 Å². The van der Waals surface area contributed by atoms with Crippen LogP contribution in [-0.2, 0) is 9.53 Å². The molecule has 0 aliphatic carbocycles. The Morgan fingerprint density at radius 1 is 0.714 bits per heavy atom. The summed E-state index contributed by atoms with van der Waals surface area (Å²) in [7, 11) is 0. The van der Waals surface area contributed by atoms with Crippen molar-refractivity contribution in [2.45, 2.75) is 39.5 Å². The topological polar surface area (TPSA) is 61.8 Å². The molecule has 0 radical (unpaired) electrons. The molecule has 5 nitrogen and oxygen atoms in total. The molecule has 182 valence electrons. The van der Waals surface area contributed by atoms with Gasteiger partial charge < -0.3 is 14.2 Å². The van der Waals surface area contributed by atoms with E-state index in [1.165, 1.54) is 5.56 Å². The van der Waals surface area contributed by atoms with Crippen LogP contribution in [0.25, 0.3) is 11.1 Å². The molecule has 0 atom stereocenters. The third-order valence-electron chi connectivity index (χ3n) is 5.43. The van der Waals surface area contributed by atoms with Crippen molar-refractivity contribution >= 4 is 11.9 Å². The van der Waals surface area contributed by atoms with E-state index >= 15 is 0 Å². The van der Waals surface area contributed by atoms with Crippen molar-refractivity contribution in [3.05, 3.63) is 96.1 Å². The van der Waals surface area contributed by atoms with E-state index in [1.54, 1.807) is 43.3 Å². The minimum atomic E-state index is -0.410. The number of esters is 2. The molecule has 0 aliphatic rings. The Bertz CT molecular complexity index is 1110. The lowest BCUT2D eigenvalue weighted by Crippen LogP contribution is -2.08. The van der Waals surface area contributed by atoms with Crippen molar-refractivity contribution in [2.75, 3.05) is 13.2 Å². The van der Waals surface area contributed by atoms with E-state index < -0.39 is 5.97 Å². The van der Waals surface area contributed by atoms with Crippen LogP contribution in [0.15, 0.2) is 84.9 Å². The fourth-order valence-electron chi connectivity index (χ4n) is 3.35. The predicted octanol–water partition coefficient (Wildman–Crippen LogP) is 6.94. The highest BCUT2D eigenvalue weighted by Gasteiger charge is 2.09. The first-order valence-corrected chi connectivity index (χ1v) is 11.9. The van der Waals surface area contributed by atoms with E-state index in [4.69, 9.17) is 14.2 Å². The van der Waals surface area contributed by atoms with E-state index in [9.17, 15) is 9.59 Å². The molecular weight excluding hydrogens is 440 g/mol. The fourth-order valence-corrected chi connectivity index (χ4v) is 3.35. The summed E-state index contributed by atoms with van der Waals surface area (Å²) in [5.41, 5.74) is 4.28. The minimum absolute atomic E-state index is 0.336. The highest BCUT2D eigenvalue weighted by Crippen LogP contribution is 2.23. The molecule has 0 bridgehead atoms. The summed E-state index contributed by atoms with van der Waals surface area (Å²) >= 11 is 0. The average molecular weight is 473 g/mol. The second-order valence-corrected chi connectivity index (χ2v) is 8.48. The molecule has 0 saturated heterocycles. The second-order valence-electron chi connectivity index (χ2n) is 8.48. The van der Waals surface area contributed by atoms with Crippen LogP contribution < -0.4 is 9.47 Å². The number of rotatable bonds is 12. The van der Waals surface area contributed by atoms with Crippen LogP contribution >= 0.6 is 0 Å². The predicted molar refractivity (Wildman–Crippen MR) is 138 cm³/mol. The standard InChI is InChI=1S/C30H32O5/c1-22(2)29(31)34-21-7-5-4-6-20-33-27-16-14-26(15-17-27)30(32)35-28-18-12-25(13-19-28)24-10-8-23(3)9-11-24/h8-19H,1,4-7,20-21H2,2-3H3. The number of benzene rings is 3. The van der Waals surface area contributed by atoms with Gasteiger partial charge in [0.2, 0.25) is 0 Å². The molecule has 3 aromatic rings. The molecular formula is C30H32O5. The van der Waals surface area contributed by atoms with Crippen LogP contribution in [0.5, 0.6) is 11.5 Å². The van der Waals surface area contributed by atoms with Crippen molar-refractivity contribution in [3.8, 4) is 22.6 Å². The van der Waals surface area contributed by atoms with E-state index in [0.29, 0.717) is 35.8 Å². The van der Waals surface area contributed by atoms with Gasteiger partial charge in [0.1, 0.15) is 11.5 Å². The lowest BCUT2D eigenvalue weighted by atomic mass is 10.0. The van der Waals surface area contributed by atoms with E-state index in [-0.39, 0.29) is 5.97 Å². The molecule has 0 amide bonds. The zero-order chi connectivity index (χ0) is 25.0. The number of hydrogen-bond donors (Lipinski definition) is 0. The molecule has 35 heavy (non-hydrogen) atoms. The molecule has 0 spiro atoms. The Labute approximate surface area is 207 Å². The van der Waals surface area contributed by atoms with Gasteiger partial charge in [-0.3, -0.25) is 0 Å². The van der Waals surface area contributed by atoms with E-state index in [2.05, 4.69) is 37.8 Å². The lowest BCUT2D eigenvalue weighted by Gasteiger charge is -2.08. The minimum Gasteiger partial charge on any atom is -0.494 e. The molecule has 0 aliphatic heterocycles. The van der Waals surface area contributed by atoms with Crippen LogP contribution in [0.2, 0.25) is 0 Å². The Balaban J connectivity index is 1.37. The number of carbonyl (C=O) groups is 2. The number of unbranched alkanes of at least 4 members (excludes halogenated alkanes) is 3. The first kappa shape index (κ1) is 25.8. The highest BCUT2D eigenvalue weighted by molar-refractivity contribution is 5.91. The first-order valence-electron chi connectivity index (χ1n) is 11.9. The molecule has 3 rings (SSSR count). The third kappa shape index (κ3) is 8.45. The number of hydrogen-bond acceptors (Lipinski definition) is 5. The highest BCUT2D eigenvalue weighted by atomic mass is 16.5. The zero-order valence-electron chi connectivity index (χ0n) is 20.4. The van der Waals surface area contributed by atoms with E-state index in [0.717, 1.165) is 36.8 Å². The summed E-state index contributed by atoms with van der Waals surface area (Å²) in [5, 5.41) is 0. The molecule has 0 fully saturated rings. The Morgan fingerprint density at radius 3 is 1.86 bits per heavy atom. The van der Waals surface area contributed by atoms with Crippen LogP contribution in [0.1, 0.15) is 48.5 Å². The summed E-state index contributed by atoms with van der Waals surface area (Å²) in [6.45, 7) is 8.26. The second kappa shape index (κ2) is 13.1. The molecule has 3 aromatic carbocycles. The van der Waals surface area contributed by atoms with Crippen LogP contribution in [0.3, 0.4) is 0 Å². The molecule has 0 saturated carbocycles. The monoisotopic (exact) mass is 472 g/mol. The summed E-state index contributed by atoms with van der Waals surface area (Å²) in [4.78, 5) is 23.8. The van der Waals surface area contributed by atoms with Crippen molar-refractivity contribution in [1.82, 2.24) is 0 Å². The largest absolute Gasteiger partial charge is 0.494 e. The van der Waals surface area contributed by atoms with Gasteiger partial charge in [-0.05, 0) is 87.1 Å². The molecule has 0 N–H and O–H groups in total. The zero-order valence-corrected chi connectivity index (χ0v) is 20.4. The SMILES string of the molecule is C=C(C)C(=O)OCCCCCCOc1ccc(C(=O)Oc2ccc(-c3ccc(C)cc3)cc2)cc1. The van der Waals surface area contributed by atoms with Crippen molar-refractivity contribution in [1.29, 1.82) is 0 Å². The summed E-state index contributed by atoms with van der Waals surface area (Å²) in [6.07, 6.45) is 3.67. The Kier molecular flexibility index (Phi) is 9.67. The number of carbonyl (C=O) groups excluding carboxylic acids is 2. The summed E-state index contributed by atoms with van der Waals surface area (Å²) in [5.74, 6) is 0.462. The van der Waals surface area contributed by atoms with Gasteiger partial charge in [-0.15, -0.1) is 0 Å². The van der Waals surface area contributed by atoms with Gasteiger partial charge in [0.05, 0.1) is 18.8 Å². The lowest BCUT2D eigenvalue weighted by molar-refractivity contribution is -0.139. The van der Waals surface area contributed by atoms with Crippen LogP contribution in [-0.4, -0.2) is 25.2 Å². The van der Waals surface area contributed by atoms with Gasteiger partial charge in [0.15, 0.2) is 0 Å². The van der Waals surface area contributed by atoms with E-state index in [1.807, 2.05) is 12.1 Å². The maximum atomic E-state index is 12.5. The van der Waals surface area contributed by atoms with Crippen molar-refractivity contribution in [2.24, 2.45) is 0 Å². The normalized spacial score (nSPS) is 10.5. The summed E-state index contributed by atoms with van der Waals surface area (Å²) in [6, 6.07) is 22.7. The fraction of sp³-hybridized carbons (Fsp3) is 0.267. The third-order valence-corrected chi connectivity index (χ3v) is 5.43. The molecule has 0 unspecified atom stereocenters. The molecule has 0 aromatic heterocycles. The quantitative estimate of drug-likeness (QED) is 0.124. The number of ether oxygens (including phenoxy) is 3. The Morgan fingerprint density at radius 2 is 1.26 bits per heavy atom. The van der Waals surface area contributed by atoms with Crippen LogP contribution in [0, 0.1) is 6.92 Å². The van der Waals surface area contributed by atoms with Gasteiger partial charge in [-0.2, -0.15) is 0 Å². The molecule has 0 heterocycles. The van der Waals surface area contributed by atoms with Crippen molar-refractivity contribution < 1.29 is 23.8 Å². The van der Waals surface area contributed by atoms with Gasteiger partial charge in [0, 0.05) is 5.57 Å². The molecule has 5 heteroatoms. The maximum Gasteiger partial charge on any atom is 0.343 e. The number of aryl methyl sites for hydroxylation is 1. The van der Waals surface area contributed by atoms with Crippen LogP contribution in [0.4, 0.5) is 0 Å². The van der Waals surface area contributed by atoms with Gasteiger partial charge in [-0.25, -0.2) is 9.59 Å². The smallest absolute Gasteiger partial charge is 0.343 e. The first-order chi connectivity index (χ1) is 16.9. The Hall–Kier alpha value is -3.86. The van der Waals surface area contributed by atoms with Crippen molar-refractivity contribution in [3.63, 3.8) is 0 Å². The maximum absolute atomic E-state index is 12.5. The summed E-state index contributed by atoms with van der Waals surface area (Å²) < 4.78 is 16.3. The van der Waals surface area contributed by atoms with Gasteiger partial charge >= 0.3 is 11.9 Å². The average Bonchev–Trinajstić information content (AvgIpc) is 2.86. The van der Waals surface area contributed by atoms with Gasteiger partial charge in [0.25, 0.3) is 0 Å².